The number of benzene rings is 1. The predicted octanol–water partition coefficient (Wildman–Crippen LogP) is 2.46. The molecule has 3 rings (SSSR count). The molecular weight excluding hydrogens is 284 g/mol. The maximum atomic E-state index is 6.01. The van der Waals surface area contributed by atoms with Gasteiger partial charge in [0.15, 0.2) is 0 Å². The SMILES string of the molecule is CC(N)C1CCN(Cc2ccnn2-c2ccccc2)C1.Cl. The van der Waals surface area contributed by atoms with E-state index in [2.05, 4.69) is 35.1 Å². The van der Waals surface area contributed by atoms with E-state index in [1.807, 2.05) is 29.1 Å². The molecule has 0 spiro atoms. The van der Waals surface area contributed by atoms with Crippen molar-refractivity contribution in [2.45, 2.75) is 25.9 Å². The van der Waals surface area contributed by atoms with Crippen LogP contribution >= 0.6 is 12.4 Å². The Morgan fingerprint density at radius 2 is 2.05 bits per heavy atom. The Bertz CT molecular complexity index is 552. The lowest BCUT2D eigenvalue weighted by Gasteiger charge is -2.18. The van der Waals surface area contributed by atoms with Crippen LogP contribution in [0.5, 0.6) is 0 Å². The number of nitrogens with two attached hydrogens (primary N) is 1. The Hall–Kier alpha value is -1.36. The molecule has 0 saturated carbocycles. The van der Waals surface area contributed by atoms with E-state index in [-0.39, 0.29) is 12.4 Å². The zero-order valence-electron chi connectivity index (χ0n) is 12.4. The average molecular weight is 307 g/mol. The molecule has 2 unspecified atom stereocenters. The van der Waals surface area contributed by atoms with E-state index >= 15 is 0 Å². The van der Waals surface area contributed by atoms with Gasteiger partial charge in [-0.05, 0) is 44.0 Å². The van der Waals surface area contributed by atoms with Crippen molar-refractivity contribution in [3.8, 4) is 5.69 Å². The summed E-state index contributed by atoms with van der Waals surface area (Å²) in [7, 11) is 0. The maximum Gasteiger partial charge on any atom is 0.0649 e. The van der Waals surface area contributed by atoms with Crippen molar-refractivity contribution in [2.75, 3.05) is 13.1 Å². The van der Waals surface area contributed by atoms with Crippen molar-refractivity contribution in [3.05, 3.63) is 48.3 Å². The Morgan fingerprint density at radius 1 is 1.29 bits per heavy atom. The number of halogens is 1. The fourth-order valence-corrected chi connectivity index (χ4v) is 2.92. The third kappa shape index (κ3) is 3.64. The molecular formula is C16H23ClN4. The quantitative estimate of drug-likeness (QED) is 0.944. The molecule has 2 aromatic rings. The van der Waals surface area contributed by atoms with Gasteiger partial charge in [-0.3, -0.25) is 4.90 Å². The minimum Gasteiger partial charge on any atom is -0.328 e. The van der Waals surface area contributed by atoms with E-state index in [0.29, 0.717) is 12.0 Å². The van der Waals surface area contributed by atoms with Crippen LogP contribution < -0.4 is 5.73 Å². The number of likely N-dealkylation sites (tertiary alicyclic amines) is 1. The second-order valence-electron chi connectivity index (χ2n) is 5.71. The Labute approximate surface area is 132 Å². The summed E-state index contributed by atoms with van der Waals surface area (Å²) in [6, 6.07) is 12.7. The summed E-state index contributed by atoms with van der Waals surface area (Å²) in [5.74, 6) is 0.628. The number of hydrogen-bond acceptors (Lipinski definition) is 3. The van der Waals surface area contributed by atoms with Gasteiger partial charge in [0.2, 0.25) is 0 Å². The van der Waals surface area contributed by atoms with Gasteiger partial charge in [-0.2, -0.15) is 5.10 Å². The van der Waals surface area contributed by atoms with Crippen LogP contribution in [0.3, 0.4) is 0 Å². The first-order valence-electron chi connectivity index (χ1n) is 7.30. The van der Waals surface area contributed by atoms with Gasteiger partial charge in [-0.1, -0.05) is 18.2 Å². The number of nitrogens with zero attached hydrogens (tertiary/aromatic N) is 3. The molecule has 1 aliphatic rings. The van der Waals surface area contributed by atoms with Crippen LogP contribution in [-0.2, 0) is 6.54 Å². The molecule has 0 amide bonds. The van der Waals surface area contributed by atoms with Crippen LogP contribution in [0.2, 0.25) is 0 Å². The van der Waals surface area contributed by atoms with E-state index in [1.54, 1.807) is 0 Å². The fourth-order valence-electron chi connectivity index (χ4n) is 2.92. The molecule has 2 atom stereocenters. The van der Waals surface area contributed by atoms with Crippen molar-refractivity contribution in [1.29, 1.82) is 0 Å². The normalized spacial score (nSPS) is 20.2. The van der Waals surface area contributed by atoms with E-state index < -0.39 is 0 Å². The van der Waals surface area contributed by atoms with Crippen LogP contribution in [0.25, 0.3) is 5.69 Å². The molecule has 1 aromatic carbocycles. The molecule has 5 heteroatoms. The highest BCUT2D eigenvalue weighted by Crippen LogP contribution is 2.21. The lowest BCUT2D eigenvalue weighted by Crippen LogP contribution is -2.29. The third-order valence-corrected chi connectivity index (χ3v) is 4.16. The second-order valence-corrected chi connectivity index (χ2v) is 5.71. The highest BCUT2D eigenvalue weighted by molar-refractivity contribution is 5.85. The van der Waals surface area contributed by atoms with Crippen LogP contribution in [0.1, 0.15) is 19.0 Å². The van der Waals surface area contributed by atoms with E-state index in [9.17, 15) is 0 Å². The van der Waals surface area contributed by atoms with E-state index in [0.717, 1.165) is 25.3 Å². The summed E-state index contributed by atoms with van der Waals surface area (Å²) in [4.78, 5) is 2.48. The molecule has 2 heterocycles. The molecule has 1 aromatic heterocycles. The molecule has 114 valence electrons. The summed E-state index contributed by atoms with van der Waals surface area (Å²) in [6.07, 6.45) is 3.08. The number of rotatable bonds is 4. The largest absolute Gasteiger partial charge is 0.328 e. The monoisotopic (exact) mass is 306 g/mol. The first kappa shape index (κ1) is 16.0. The van der Waals surface area contributed by atoms with E-state index in [1.165, 1.54) is 12.1 Å². The summed E-state index contributed by atoms with van der Waals surface area (Å²) in [5.41, 5.74) is 8.37. The molecule has 21 heavy (non-hydrogen) atoms. The van der Waals surface area contributed by atoms with Gasteiger partial charge in [-0.25, -0.2) is 4.68 Å². The van der Waals surface area contributed by atoms with Crippen LogP contribution in [0.4, 0.5) is 0 Å². The van der Waals surface area contributed by atoms with Crippen molar-refractivity contribution < 1.29 is 0 Å². The molecule has 1 fully saturated rings. The topological polar surface area (TPSA) is 47.1 Å². The van der Waals surface area contributed by atoms with Gasteiger partial charge in [-0.15, -0.1) is 12.4 Å². The molecule has 2 N–H and O–H groups in total. The van der Waals surface area contributed by atoms with Gasteiger partial charge in [0, 0.05) is 25.3 Å². The first-order chi connectivity index (χ1) is 9.74. The van der Waals surface area contributed by atoms with Crippen molar-refractivity contribution >= 4 is 12.4 Å². The predicted molar refractivity (Wildman–Crippen MR) is 87.8 cm³/mol. The molecule has 4 nitrogen and oxygen atoms in total. The molecule has 0 bridgehead atoms. The van der Waals surface area contributed by atoms with Gasteiger partial charge < -0.3 is 5.73 Å². The molecule has 0 radical (unpaired) electrons. The highest BCUT2D eigenvalue weighted by atomic mass is 35.5. The first-order valence-corrected chi connectivity index (χ1v) is 7.30. The molecule has 1 saturated heterocycles. The summed E-state index contributed by atoms with van der Waals surface area (Å²) < 4.78 is 2.03. The standard InChI is InChI=1S/C16H22N4.ClH/c1-13(17)14-8-10-19(11-14)12-16-7-9-18-20(16)15-5-3-2-4-6-15;/h2-7,9,13-14H,8,10-12,17H2,1H3;1H. The maximum absolute atomic E-state index is 6.01. The second kappa shape index (κ2) is 7.07. The van der Waals surface area contributed by atoms with Crippen molar-refractivity contribution in [3.63, 3.8) is 0 Å². The fraction of sp³-hybridized carbons (Fsp3) is 0.438. The lowest BCUT2D eigenvalue weighted by atomic mass is 10.0. The van der Waals surface area contributed by atoms with E-state index in [4.69, 9.17) is 5.73 Å². The zero-order chi connectivity index (χ0) is 13.9. The van der Waals surface area contributed by atoms with Gasteiger partial charge in [0.1, 0.15) is 0 Å². The highest BCUT2D eigenvalue weighted by Gasteiger charge is 2.25. The van der Waals surface area contributed by atoms with Crippen LogP contribution in [-0.4, -0.2) is 33.8 Å². The lowest BCUT2D eigenvalue weighted by molar-refractivity contribution is 0.302. The van der Waals surface area contributed by atoms with Gasteiger partial charge >= 0.3 is 0 Å². The van der Waals surface area contributed by atoms with Crippen LogP contribution in [0.15, 0.2) is 42.6 Å². The number of para-hydroxylation sites is 1. The molecule has 1 aliphatic heterocycles. The minimum atomic E-state index is 0. The Morgan fingerprint density at radius 3 is 2.71 bits per heavy atom. The minimum absolute atomic E-state index is 0. The smallest absolute Gasteiger partial charge is 0.0649 e. The zero-order valence-corrected chi connectivity index (χ0v) is 13.2. The number of aromatic nitrogens is 2. The summed E-state index contributed by atoms with van der Waals surface area (Å²) >= 11 is 0. The van der Waals surface area contributed by atoms with Gasteiger partial charge in [0.25, 0.3) is 0 Å². The van der Waals surface area contributed by atoms with Gasteiger partial charge in [0.05, 0.1) is 11.4 Å². The third-order valence-electron chi connectivity index (χ3n) is 4.16. The van der Waals surface area contributed by atoms with Crippen molar-refractivity contribution in [1.82, 2.24) is 14.7 Å². The Balaban J connectivity index is 0.00000161. The summed E-state index contributed by atoms with van der Waals surface area (Å²) in [5, 5.41) is 4.45. The average Bonchev–Trinajstić information content (AvgIpc) is 3.09. The number of hydrogen-bond donors (Lipinski definition) is 1. The molecule has 0 aliphatic carbocycles. The van der Waals surface area contributed by atoms with Crippen LogP contribution in [0, 0.1) is 5.92 Å². The Kier molecular flexibility index (Phi) is 5.39. The summed E-state index contributed by atoms with van der Waals surface area (Å²) in [6.45, 7) is 5.28. The van der Waals surface area contributed by atoms with Crippen molar-refractivity contribution in [2.24, 2.45) is 11.7 Å².